The van der Waals surface area contributed by atoms with Gasteiger partial charge >= 0.3 is 6.09 Å². The number of carbonyl (C=O) groups is 2. The molecule has 0 unspecified atom stereocenters. The van der Waals surface area contributed by atoms with E-state index in [4.69, 9.17) is 4.74 Å². The standard InChI is InChI=1S/C24H22N4O3S/c29-23(19-14-32-22(26-19)15-5-9-25-10-6-15)27-11-7-17(8-12-27)28-21-18-4-2-1-3-16(18)13-20(21)31-24(28)30/h1-6,9-10,14,17,20-21H,7-8,11-13H2/t20-,21+/m1/s1. The van der Waals surface area contributed by atoms with E-state index < -0.39 is 0 Å². The Labute approximate surface area is 189 Å². The predicted octanol–water partition coefficient (Wildman–Crippen LogP) is 3.93. The van der Waals surface area contributed by atoms with Gasteiger partial charge in [-0.15, -0.1) is 11.3 Å². The summed E-state index contributed by atoms with van der Waals surface area (Å²) < 4.78 is 5.72. The molecule has 2 fully saturated rings. The molecule has 0 saturated carbocycles. The smallest absolute Gasteiger partial charge is 0.411 e. The third-order valence-corrected chi connectivity index (χ3v) is 7.60. The summed E-state index contributed by atoms with van der Waals surface area (Å²) in [5, 5.41) is 2.64. The molecule has 2 aliphatic heterocycles. The van der Waals surface area contributed by atoms with E-state index in [1.165, 1.54) is 22.5 Å². The first kappa shape index (κ1) is 19.4. The number of fused-ring (bicyclic) bond motifs is 3. The minimum atomic E-state index is -0.222. The third-order valence-electron chi connectivity index (χ3n) is 6.71. The largest absolute Gasteiger partial charge is 0.443 e. The molecule has 2 amide bonds. The fourth-order valence-electron chi connectivity index (χ4n) is 5.16. The monoisotopic (exact) mass is 446 g/mol. The molecule has 0 bridgehead atoms. The van der Waals surface area contributed by atoms with Crippen LogP contribution in [-0.2, 0) is 11.2 Å². The van der Waals surface area contributed by atoms with E-state index in [0.717, 1.165) is 29.8 Å². The Balaban J connectivity index is 1.14. The van der Waals surface area contributed by atoms with Crippen LogP contribution < -0.4 is 0 Å². The highest BCUT2D eigenvalue weighted by Crippen LogP contribution is 2.44. The van der Waals surface area contributed by atoms with Crippen molar-refractivity contribution in [2.75, 3.05) is 13.1 Å². The number of rotatable bonds is 3. The molecular formula is C24H22N4O3S. The van der Waals surface area contributed by atoms with Crippen LogP contribution in [0, 0.1) is 0 Å². The van der Waals surface area contributed by atoms with Crippen LogP contribution in [0.15, 0.2) is 54.2 Å². The van der Waals surface area contributed by atoms with Crippen molar-refractivity contribution in [1.82, 2.24) is 19.8 Å². The van der Waals surface area contributed by atoms with Crippen molar-refractivity contribution in [3.05, 3.63) is 71.0 Å². The van der Waals surface area contributed by atoms with Gasteiger partial charge in [0.1, 0.15) is 16.8 Å². The molecule has 0 N–H and O–H groups in total. The molecule has 1 aliphatic carbocycles. The molecule has 3 aliphatic rings. The number of piperidine rings is 1. The Morgan fingerprint density at radius 3 is 2.69 bits per heavy atom. The minimum Gasteiger partial charge on any atom is -0.443 e. The summed E-state index contributed by atoms with van der Waals surface area (Å²) >= 11 is 1.46. The Bertz CT molecular complexity index is 1170. The van der Waals surface area contributed by atoms with E-state index in [9.17, 15) is 9.59 Å². The first-order valence-corrected chi connectivity index (χ1v) is 11.8. The number of pyridine rings is 1. The Morgan fingerprint density at radius 1 is 1.09 bits per heavy atom. The van der Waals surface area contributed by atoms with Gasteiger partial charge in [-0.3, -0.25) is 14.7 Å². The molecule has 7 nitrogen and oxygen atoms in total. The quantitative estimate of drug-likeness (QED) is 0.609. The lowest BCUT2D eigenvalue weighted by atomic mass is 9.99. The lowest BCUT2D eigenvalue weighted by molar-refractivity contribution is 0.0631. The summed E-state index contributed by atoms with van der Waals surface area (Å²) in [4.78, 5) is 38.1. The molecule has 0 spiro atoms. The first-order chi connectivity index (χ1) is 15.7. The number of amides is 2. The zero-order valence-electron chi connectivity index (χ0n) is 17.4. The number of thiazole rings is 1. The number of ether oxygens (including phenoxy) is 1. The number of hydrogen-bond acceptors (Lipinski definition) is 6. The van der Waals surface area contributed by atoms with Gasteiger partial charge < -0.3 is 9.64 Å². The summed E-state index contributed by atoms with van der Waals surface area (Å²) in [6.07, 6.45) is 5.40. The Hall–Kier alpha value is -3.26. The SMILES string of the molecule is O=C(c1csc(-c2ccncc2)n1)N1CCC(N2C(=O)O[C@@H]3Cc4ccccc4[C@@H]32)CC1. The first-order valence-electron chi connectivity index (χ1n) is 10.9. The topological polar surface area (TPSA) is 75.6 Å². The van der Waals surface area contributed by atoms with Crippen LogP contribution in [0.4, 0.5) is 4.79 Å². The predicted molar refractivity (Wildman–Crippen MR) is 119 cm³/mol. The van der Waals surface area contributed by atoms with E-state index in [2.05, 4.69) is 22.1 Å². The number of benzene rings is 1. The van der Waals surface area contributed by atoms with Gasteiger partial charge in [0, 0.05) is 48.9 Å². The molecule has 2 atom stereocenters. The normalized spacial score (nSPS) is 22.6. The fraction of sp³-hybridized carbons (Fsp3) is 0.333. The molecule has 6 rings (SSSR count). The minimum absolute atomic E-state index is 0.00703. The molecule has 162 valence electrons. The second-order valence-corrected chi connectivity index (χ2v) is 9.33. The summed E-state index contributed by atoms with van der Waals surface area (Å²) in [5.41, 5.74) is 3.90. The van der Waals surface area contributed by atoms with Crippen LogP contribution in [0.1, 0.15) is 40.5 Å². The van der Waals surface area contributed by atoms with Crippen molar-refractivity contribution >= 4 is 23.3 Å². The number of aromatic nitrogens is 2. The second-order valence-electron chi connectivity index (χ2n) is 8.47. The van der Waals surface area contributed by atoms with Crippen molar-refractivity contribution in [3.63, 3.8) is 0 Å². The van der Waals surface area contributed by atoms with Crippen molar-refractivity contribution < 1.29 is 14.3 Å². The average Bonchev–Trinajstić information content (AvgIpc) is 3.53. The third kappa shape index (κ3) is 3.17. The van der Waals surface area contributed by atoms with Crippen LogP contribution >= 0.6 is 11.3 Å². The highest BCUT2D eigenvalue weighted by Gasteiger charge is 2.50. The lowest BCUT2D eigenvalue weighted by Gasteiger charge is -2.37. The van der Waals surface area contributed by atoms with E-state index in [1.54, 1.807) is 12.4 Å². The van der Waals surface area contributed by atoms with Gasteiger partial charge in [0.2, 0.25) is 0 Å². The van der Waals surface area contributed by atoms with Crippen LogP contribution in [0.25, 0.3) is 10.6 Å². The average molecular weight is 447 g/mol. The molecule has 4 heterocycles. The van der Waals surface area contributed by atoms with Crippen molar-refractivity contribution in [2.45, 2.75) is 37.5 Å². The zero-order valence-corrected chi connectivity index (χ0v) is 18.2. The lowest BCUT2D eigenvalue weighted by Crippen LogP contribution is -2.47. The van der Waals surface area contributed by atoms with Gasteiger partial charge in [-0.1, -0.05) is 24.3 Å². The van der Waals surface area contributed by atoms with Crippen molar-refractivity contribution in [2.24, 2.45) is 0 Å². The fourth-order valence-corrected chi connectivity index (χ4v) is 5.96. The summed E-state index contributed by atoms with van der Waals surface area (Å²) in [6.45, 7) is 1.21. The van der Waals surface area contributed by atoms with Gasteiger partial charge in [0.05, 0.1) is 6.04 Å². The van der Waals surface area contributed by atoms with Crippen LogP contribution in [0.2, 0.25) is 0 Å². The van der Waals surface area contributed by atoms with Crippen molar-refractivity contribution in [1.29, 1.82) is 0 Å². The number of hydrogen-bond donors (Lipinski definition) is 0. The zero-order chi connectivity index (χ0) is 21.7. The summed E-state index contributed by atoms with van der Waals surface area (Å²) in [7, 11) is 0. The Morgan fingerprint density at radius 2 is 1.88 bits per heavy atom. The molecule has 32 heavy (non-hydrogen) atoms. The second kappa shape index (κ2) is 7.70. The van der Waals surface area contributed by atoms with E-state index >= 15 is 0 Å². The van der Waals surface area contributed by atoms with Crippen molar-refractivity contribution in [3.8, 4) is 10.6 Å². The van der Waals surface area contributed by atoms with Crippen LogP contribution in [-0.4, -0.2) is 57.0 Å². The van der Waals surface area contributed by atoms with Gasteiger partial charge in [-0.2, -0.15) is 0 Å². The van der Waals surface area contributed by atoms with Gasteiger partial charge in [-0.25, -0.2) is 9.78 Å². The maximum atomic E-state index is 13.0. The summed E-state index contributed by atoms with van der Waals surface area (Å²) in [6, 6.07) is 12.1. The molecule has 1 aromatic carbocycles. The number of carbonyl (C=O) groups excluding carboxylic acids is 2. The molecule has 8 heteroatoms. The highest BCUT2D eigenvalue weighted by atomic mass is 32.1. The van der Waals surface area contributed by atoms with Gasteiger partial charge in [-0.05, 0) is 36.1 Å². The van der Waals surface area contributed by atoms with E-state index in [-0.39, 0.29) is 30.2 Å². The van der Waals surface area contributed by atoms with Crippen LogP contribution in [0.5, 0.6) is 0 Å². The maximum absolute atomic E-state index is 13.0. The Kier molecular flexibility index (Phi) is 4.68. The molecule has 2 aromatic heterocycles. The van der Waals surface area contributed by atoms with E-state index in [0.29, 0.717) is 18.8 Å². The van der Waals surface area contributed by atoms with Crippen LogP contribution in [0.3, 0.4) is 0 Å². The van der Waals surface area contributed by atoms with Gasteiger partial charge in [0.25, 0.3) is 5.91 Å². The number of likely N-dealkylation sites (tertiary alicyclic amines) is 1. The molecule has 2 saturated heterocycles. The van der Waals surface area contributed by atoms with E-state index in [1.807, 2.05) is 39.4 Å². The maximum Gasteiger partial charge on any atom is 0.411 e. The van der Waals surface area contributed by atoms with Gasteiger partial charge in [0.15, 0.2) is 0 Å². The highest BCUT2D eigenvalue weighted by molar-refractivity contribution is 7.13. The molecular weight excluding hydrogens is 424 g/mol. The summed E-state index contributed by atoms with van der Waals surface area (Å²) in [5.74, 6) is -0.0481. The molecule has 3 aromatic rings. The number of nitrogens with zero attached hydrogens (tertiary/aromatic N) is 4. The molecule has 0 radical (unpaired) electrons.